The monoisotopic (exact) mass is 402 g/mol. The van der Waals surface area contributed by atoms with Gasteiger partial charge in [0.25, 0.3) is 5.91 Å². The number of nitrogens with one attached hydrogen (secondary N) is 2. The molecule has 3 rings (SSSR count). The Balaban J connectivity index is 1.63. The third-order valence-corrected chi connectivity index (χ3v) is 4.69. The predicted octanol–water partition coefficient (Wildman–Crippen LogP) is 2.03. The Morgan fingerprint density at radius 2 is 1.83 bits per heavy atom. The molecule has 1 heterocycles. The fourth-order valence-electron chi connectivity index (χ4n) is 2.82. The van der Waals surface area contributed by atoms with Crippen molar-refractivity contribution in [2.45, 2.75) is 45.2 Å². The molecule has 0 saturated heterocycles. The lowest BCUT2D eigenvalue weighted by Crippen LogP contribution is -2.49. The normalized spacial score (nSPS) is 14.4. The summed E-state index contributed by atoms with van der Waals surface area (Å²) in [7, 11) is 3.01. The zero-order valence-corrected chi connectivity index (χ0v) is 17.0. The van der Waals surface area contributed by atoms with Gasteiger partial charge >= 0.3 is 0 Å². The van der Waals surface area contributed by atoms with Gasteiger partial charge in [-0.3, -0.25) is 9.59 Å². The number of methoxy groups -OCH3 is 2. The second kappa shape index (κ2) is 8.93. The second-order valence-electron chi connectivity index (χ2n) is 7.33. The summed E-state index contributed by atoms with van der Waals surface area (Å²) in [6, 6.07) is 4.12. The SMILES string of the molecule is COc1cc(OC)cc(C(=O)NC(C(=O)NCc2nc(C3CC3)no2)C(C)C)c1. The highest BCUT2D eigenvalue weighted by Crippen LogP contribution is 2.38. The van der Waals surface area contributed by atoms with Gasteiger partial charge in [-0.25, -0.2) is 0 Å². The van der Waals surface area contributed by atoms with Crippen LogP contribution in [0.25, 0.3) is 0 Å². The maximum atomic E-state index is 12.7. The molecule has 0 spiro atoms. The van der Waals surface area contributed by atoms with Crippen molar-refractivity contribution in [3.8, 4) is 11.5 Å². The van der Waals surface area contributed by atoms with E-state index in [1.807, 2.05) is 13.8 Å². The van der Waals surface area contributed by atoms with Crippen LogP contribution in [0.2, 0.25) is 0 Å². The van der Waals surface area contributed by atoms with E-state index in [2.05, 4.69) is 20.8 Å². The molecule has 1 aliphatic rings. The first kappa shape index (κ1) is 20.6. The highest BCUT2D eigenvalue weighted by Gasteiger charge is 2.29. The van der Waals surface area contributed by atoms with Crippen LogP contribution < -0.4 is 20.1 Å². The molecule has 1 unspecified atom stereocenters. The number of carbonyl (C=O) groups excluding carboxylic acids is 2. The van der Waals surface area contributed by atoms with Crippen molar-refractivity contribution in [2.75, 3.05) is 14.2 Å². The van der Waals surface area contributed by atoms with E-state index in [0.717, 1.165) is 12.8 Å². The van der Waals surface area contributed by atoms with Gasteiger partial charge in [0.05, 0.1) is 20.8 Å². The summed E-state index contributed by atoms with van der Waals surface area (Å²) in [5, 5.41) is 9.46. The van der Waals surface area contributed by atoms with E-state index in [-0.39, 0.29) is 18.4 Å². The summed E-state index contributed by atoms with van der Waals surface area (Å²) in [5.41, 5.74) is 0.339. The molecule has 2 amide bonds. The molecule has 0 aliphatic heterocycles. The number of benzene rings is 1. The van der Waals surface area contributed by atoms with Crippen LogP contribution >= 0.6 is 0 Å². The van der Waals surface area contributed by atoms with Gasteiger partial charge in [-0.1, -0.05) is 19.0 Å². The minimum atomic E-state index is -0.731. The van der Waals surface area contributed by atoms with E-state index in [0.29, 0.717) is 34.7 Å². The zero-order valence-electron chi connectivity index (χ0n) is 17.0. The van der Waals surface area contributed by atoms with E-state index in [1.165, 1.54) is 14.2 Å². The smallest absolute Gasteiger partial charge is 0.252 e. The van der Waals surface area contributed by atoms with Gasteiger partial charge in [-0.2, -0.15) is 4.98 Å². The van der Waals surface area contributed by atoms with E-state index in [9.17, 15) is 9.59 Å². The number of aromatic nitrogens is 2. The Bertz CT molecular complexity index is 853. The minimum absolute atomic E-state index is 0.116. The number of hydrogen-bond donors (Lipinski definition) is 2. The lowest BCUT2D eigenvalue weighted by Gasteiger charge is -2.21. The van der Waals surface area contributed by atoms with Crippen LogP contribution in [0.1, 0.15) is 54.7 Å². The van der Waals surface area contributed by atoms with Crippen molar-refractivity contribution >= 4 is 11.8 Å². The first-order valence-electron chi connectivity index (χ1n) is 9.55. The van der Waals surface area contributed by atoms with Crippen molar-refractivity contribution in [3.05, 3.63) is 35.5 Å². The van der Waals surface area contributed by atoms with Gasteiger partial charge in [-0.05, 0) is 30.9 Å². The molecule has 1 fully saturated rings. The number of nitrogens with zero attached hydrogens (tertiary/aromatic N) is 2. The van der Waals surface area contributed by atoms with E-state index < -0.39 is 11.9 Å². The van der Waals surface area contributed by atoms with Crippen molar-refractivity contribution in [1.29, 1.82) is 0 Å². The van der Waals surface area contributed by atoms with Crippen molar-refractivity contribution < 1.29 is 23.6 Å². The van der Waals surface area contributed by atoms with Crippen LogP contribution in [0.4, 0.5) is 0 Å². The molecule has 1 aromatic heterocycles. The molecular weight excluding hydrogens is 376 g/mol. The lowest BCUT2D eigenvalue weighted by atomic mass is 10.0. The molecule has 1 aliphatic carbocycles. The Labute approximate surface area is 169 Å². The summed E-state index contributed by atoms with van der Waals surface area (Å²) in [4.78, 5) is 29.7. The molecule has 1 saturated carbocycles. The van der Waals surface area contributed by atoms with Crippen LogP contribution in [0.15, 0.2) is 22.7 Å². The topological polar surface area (TPSA) is 116 Å². The molecule has 2 aromatic rings. The summed E-state index contributed by atoms with van der Waals surface area (Å²) in [5.74, 6) is 1.55. The second-order valence-corrected chi connectivity index (χ2v) is 7.33. The maximum absolute atomic E-state index is 12.7. The minimum Gasteiger partial charge on any atom is -0.497 e. The molecule has 9 nitrogen and oxygen atoms in total. The van der Waals surface area contributed by atoms with Gasteiger partial charge in [0.2, 0.25) is 11.8 Å². The van der Waals surface area contributed by atoms with E-state index in [1.54, 1.807) is 18.2 Å². The van der Waals surface area contributed by atoms with Gasteiger partial charge in [0, 0.05) is 17.5 Å². The third-order valence-electron chi connectivity index (χ3n) is 4.69. The fraction of sp³-hybridized carbons (Fsp3) is 0.500. The third kappa shape index (κ3) is 5.24. The Morgan fingerprint density at radius 1 is 1.17 bits per heavy atom. The first-order chi connectivity index (χ1) is 13.9. The van der Waals surface area contributed by atoms with Crippen LogP contribution in [0, 0.1) is 5.92 Å². The van der Waals surface area contributed by atoms with Crippen LogP contribution in [-0.2, 0) is 11.3 Å². The van der Waals surface area contributed by atoms with Crippen molar-refractivity contribution in [2.24, 2.45) is 5.92 Å². The number of carbonyl (C=O) groups is 2. The Morgan fingerprint density at radius 3 is 2.38 bits per heavy atom. The molecule has 0 bridgehead atoms. The molecule has 1 aromatic carbocycles. The van der Waals surface area contributed by atoms with Gasteiger partial charge in [0.1, 0.15) is 17.5 Å². The molecule has 1 atom stereocenters. The van der Waals surface area contributed by atoms with E-state index in [4.69, 9.17) is 14.0 Å². The van der Waals surface area contributed by atoms with Crippen LogP contribution in [0.3, 0.4) is 0 Å². The molecule has 2 N–H and O–H groups in total. The molecular formula is C20H26N4O5. The van der Waals surface area contributed by atoms with E-state index >= 15 is 0 Å². The quantitative estimate of drug-likeness (QED) is 0.659. The maximum Gasteiger partial charge on any atom is 0.252 e. The van der Waals surface area contributed by atoms with Gasteiger partial charge < -0.3 is 24.6 Å². The Kier molecular flexibility index (Phi) is 6.36. The average molecular weight is 402 g/mol. The molecule has 29 heavy (non-hydrogen) atoms. The highest BCUT2D eigenvalue weighted by molar-refractivity contribution is 5.98. The van der Waals surface area contributed by atoms with Crippen molar-refractivity contribution in [1.82, 2.24) is 20.8 Å². The molecule has 9 heteroatoms. The number of rotatable bonds is 9. The van der Waals surface area contributed by atoms with Crippen LogP contribution in [-0.4, -0.2) is 42.2 Å². The summed E-state index contributed by atoms with van der Waals surface area (Å²) in [6.07, 6.45) is 2.14. The lowest BCUT2D eigenvalue weighted by molar-refractivity contribution is -0.124. The predicted molar refractivity (Wildman–Crippen MR) is 104 cm³/mol. The zero-order chi connectivity index (χ0) is 21.0. The largest absolute Gasteiger partial charge is 0.497 e. The highest BCUT2D eigenvalue weighted by atomic mass is 16.5. The first-order valence-corrected chi connectivity index (χ1v) is 9.55. The molecule has 156 valence electrons. The van der Waals surface area contributed by atoms with Crippen molar-refractivity contribution in [3.63, 3.8) is 0 Å². The summed E-state index contributed by atoms with van der Waals surface area (Å²) in [6.45, 7) is 3.83. The molecule has 0 radical (unpaired) electrons. The standard InChI is InChI=1S/C20H26N4O5/c1-11(2)17(20(26)21-10-16-22-18(24-29-16)12-5-6-12)23-19(25)13-7-14(27-3)9-15(8-13)28-4/h7-9,11-12,17H,5-6,10H2,1-4H3,(H,21,26)(H,23,25). The number of ether oxygens (including phenoxy) is 2. The fourth-order valence-corrected chi connectivity index (χ4v) is 2.82. The van der Waals surface area contributed by atoms with Crippen LogP contribution in [0.5, 0.6) is 11.5 Å². The average Bonchev–Trinajstić information content (AvgIpc) is 3.47. The summed E-state index contributed by atoms with van der Waals surface area (Å²) < 4.78 is 15.6. The van der Waals surface area contributed by atoms with Gasteiger partial charge in [0.15, 0.2) is 5.82 Å². The van der Waals surface area contributed by atoms with Gasteiger partial charge in [-0.15, -0.1) is 0 Å². The number of hydrogen-bond acceptors (Lipinski definition) is 7. The Hall–Kier alpha value is -3.10. The summed E-state index contributed by atoms with van der Waals surface area (Å²) >= 11 is 0. The number of amides is 2.